The van der Waals surface area contributed by atoms with Gasteiger partial charge in [0.05, 0.1) is 6.42 Å². The van der Waals surface area contributed by atoms with E-state index in [0.717, 1.165) is 28.3 Å². The molecule has 0 aromatic heterocycles. The van der Waals surface area contributed by atoms with Crippen LogP contribution in [0, 0.1) is 18.6 Å². The monoisotopic (exact) mass is 485 g/mol. The average molecular weight is 486 g/mol. The molecule has 0 saturated carbocycles. The number of carbonyl (C=O) groups is 1. The Kier molecular flexibility index (Phi) is 7.91. The van der Waals surface area contributed by atoms with Gasteiger partial charge in [-0.2, -0.15) is 0 Å². The van der Waals surface area contributed by atoms with Gasteiger partial charge in [0.25, 0.3) is 0 Å². The Morgan fingerprint density at radius 1 is 0.833 bits per heavy atom. The number of hydrogen-bond acceptors (Lipinski definition) is 2. The predicted octanol–water partition coefficient (Wildman–Crippen LogP) is 7.72. The van der Waals surface area contributed by atoms with Crippen molar-refractivity contribution in [1.29, 1.82) is 0 Å². The largest absolute Gasteiger partial charge is 0.481 e. The van der Waals surface area contributed by atoms with E-state index in [0.29, 0.717) is 12.1 Å². The van der Waals surface area contributed by atoms with Crippen molar-refractivity contribution in [3.8, 4) is 11.1 Å². The van der Waals surface area contributed by atoms with E-state index in [9.17, 15) is 18.7 Å². The summed E-state index contributed by atoms with van der Waals surface area (Å²) >= 11 is 0. The Morgan fingerprint density at radius 2 is 1.50 bits per heavy atom. The molecule has 0 unspecified atom stereocenters. The van der Waals surface area contributed by atoms with E-state index in [4.69, 9.17) is 0 Å². The predicted molar refractivity (Wildman–Crippen MR) is 138 cm³/mol. The fourth-order valence-electron chi connectivity index (χ4n) is 4.67. The minimum absolute atomic E-state index is 0.0944. The van der Waals surface area contributed by atoms with E-state index in [1.807, 2.05) is 85.8 Å². The molecule has 2 atom stereocenters. The van der Waals surface area contributed by atoms with Gasteiger partial charge in [0.15, 0.2) is 0 Å². The molecule has 0 aliphatic heterocycles. The van der Waals surface area contributed by atoms with Crippen LogP contribution in [0.4, 0.5) is 8.78 Å². The van der Waals surface area contributed by atoms with Gasteiger partial charge in [-0.1, -0.05) is 72.8 Å². The summed E-state index contributed by atoms with van der Waals surface area (Å²) < 4.78 is 28.3. The third kappa shape index (κ3) is 5.86. The fraction of sp³-hybridized carbons (Fsp3) is 0.194. The number of aryl methyl sites for hydroxylation is 1. The first-order valence-electron chi connectivity index (χ1n) is 12.0. The number of nitrogens with zero attached hydrogens (tertiary/aromatic N) is 1. The lowest BCUT2D eigenvalue weighted by atomic mass is 9.91. The van der Waals surface area contributed by atoms with Crippen molar-refractivity contribution in [1.82, 2.24) is 4.90 Å². The van der Waals surface area contributed by atoms with Gasteiger partial charge in [0.1, 0.15) is 11.6 Å². The van der Waals surface area contributed by atoms with Crippen molar-refractivity contribution in [2.24, 2.45) is 0 Å². The van der Waals surface area contributed by atoms with E-state index in [1.54, 1.807) is 0 Å². The topological polar surface area (TPSA) is 40.5 Å². The number of halogens is 2. The number of aliphatic carboxylic acids is 1. The molecule has 0 bridgehead atoms. The van der Waals surface area contributed by atoms with Crippen molar-refractivity contribution in [3.05, 3.63) is 131 Å². The van der Waals surface area contributed by atoms with Gasteiger partial charge >= 0.3 is 5.97 Å². The maximum atomic E-state index is 14.7. The first-order chi connectivity index (χ1) is 17.3. The molecule has 0 heterocycles. The lowest BCUT2D eigenvalue weighted by molar-refractivity contribution is -0.138. The van der Waals surface area contributed by atoms with Crippen LogP contribution in [0.3, 0.4) is 0 Å². The molecule has 0 spiro atoms. The highest BCUT2D eigenvalue weighted by molar-refractivity contribution is 5.70. The molecule has 36 heavy (non-hydrogen) atoms. The number of benzene rings is 4. The van der Waals surface area contributed by atoms with Crippen LogP contribution < -0.4 is 0 Å². The minimum atomic E-state index is -0.923. The van der Waals surface area contributed by atoms with Crippen LogP contribution in [0.5, 0.6) is 0 Å². The van der Waals surface area contributed by atoms with E-state index in [2.05, 4.69) is 11.8 Å². The minimum Gasteiger partial charge on any atom is -0.481 e. The highest BCUT2D eigenvalue weighted by atomic mass is 19.1. The van der Waals surface area contributed by atoms with Crippen LogP contribution in [0.1, 0.15) is 47.7 Å². The van der Waals surface area contributed by atoms with E-state index >= 15 is 0 Å². The van der Waals surface area contributed by atoms with Gasteiger partial charge in [-0.15, -0.1) is 0 Å². The summed E-state index contributed by atoms with van der Waals surface area (Å²) in [6.07, 6.45) is -0.127. The average Bonchev–Trinajstić information content (AvgIpc) is 2.87. The summed E-state index contributed by atoms with van der Waals surface area (Å²) in [5, 5.41) is 9.90. The summed E-state index contributed by atoms with van der Waals surface area (Å²) in [5.41, 5.74) is 4.63. The number of hydrogen-bond donors (Lipinski definition) is 1. The second kappa shape index (κ2) is 11.3. The molecule has 184 valence electrons. The first-order valence-corrected chi connectivity index (χ1v) is 12.0. The van der Waals surface area contributed by atoms with E-state index in [-0.39, 0.29) is 18.0 Å². The Bertz CT molecular complexity index is 1330. The Labute approximate surface area is 210 Å². The second-order valence-corrected chi connectivity index (χ2v) is 9.06. The van der Waals surface area contributed by atoms with Crippen LogP contribution in [-0.2, 0) is 11.3 Å². The van der Waals surface area contributed by atoms with Crippen LogP contribution >= 0.6 is 0 Å². The molecule has 0 amide bonds. The molecule has 4 aromatic rings. The maximum absolute atomic E-state index is 14.7. The lowest BCUT2D eigenvalue weighted by Gasteiger charge is -2.37. The molecule has 3 nitrogen and oxygen atoms in total. The normalized spacial score (nSPS) is 12.9. The van der Waals surface area contributed by atoms with Crippen LogP contribution in [0.15, 0.2) is 97.1 Å². The Balaban J connectivity index is 1.83. The molecule has 1 N–H and O–H groups in total. The summed E-state index contributed by atoms with van der Waals surface area (Å²) in [7, 11) is 0. The fourth-order valence-corrected chi connectivity index (χ4v) is 4.67. The van der Waals surface area contributed by atoms with Crippen LogP contribution in [0.2, 0.25) is 0 Å². The highest BCUT2D eigenvalue weighted by Crippen LogP contribution is 2.37. The molecule has 0 aliphatic rings. The van der Waals surface area contributed by atoms with Crippen molar-refractivity contribution in [3.63, 3.8) is 0 Å². The molecule has 0 radical (unpaired) electrons. The Morgan fingerprint density at radius 3 is 2.14 bits per heavy atom. The molecule has 5 heteroatoms. The van der Waals surface area contributed by atoms with Gasteiger partial charge in [-0.05, 0) is 59.9 Å². The molecule has 0 saturated heterocycles. The van der Waals surface area contributed by atoms with Crippen LogP contribution in [0.25, 0.3) is 11.1 Å². The van der Waals surface area contributed by atoms with Gasteiger partial charge in [-0.25, -0.2) is 8.78 Å². The standard InChI is InChI=1S/C31H29F2NO2/c1-21-13-14-25(17-28(21)27-16-15-26(32)18-29(27)33)30(19-31(35)36)34(20-23-9-5-3-6-10-23)22(2)24-11-7-4-8-12-24/h3-18,22,30H,19-20H2,1-2H3,(H,35,36)/t22-,30+/m1/s1. The molecule has 0 fully saturated rings. The summed E-state index contributed by atoms with van der Waals surface area (Å²) in [6.45, 7) is 4.47. The summed E-state index contributed by atoms with van der Waals surface area (Å²) in [6, 6.07) is 28.5. The lowest BCUT2D eigenvalue weighted by Crippen LogP contribution is -2.32. The molecular weight excluding hydrogens is 456 g/mol. The maximum Gasteiger partial charge on any atom is 0.305 e. The van der Waals surface area contributed by atoms with Gasteiger partial charge in [0, 0.05) is 30.3 Å². The first kappa shape index (κ1) is 25.3. The van der Waals surface area contributed by atoms with Gasteiger partial charge in [0.2, 0.25) is 0 Å². The van der Waals surface area contributed by atoms with Crippen molar-refractivity contribution in [2.75, 3.05) is 0 Å². The number of rotatable bonds is 9. The zero-order chi connectivity index (χ0) is 25.7. The van der Waals surface area contributed by atoms with Gasteiger partial charge < -0.3 is 5.11 Å². The van der Waals surface area contributed by atoms with E-state index < -0.39 is 23.6 Å². The second-order valence-electron chi connectivity index (χ2n) is 9.06. The zero-order valence-corrected chi connectivity index (χ0v) is 20.4. The van der Waals surface area contributed by atoms with Crippen molar-refractivity contribution >= 4 is 5.97 Å². The molecule has 4 rings (SSSR count). The molecule has 0 aliphatic carbocycles. The number of carboxylic acid groups (broad SMARTS) is 1. The Hall–Kier alpha value is -3.83. The van der Waals surface area contributed by atoms with Crippen molar-refractivity contribution < 1.29 is 18.7 Å². The highest BCUT2D eigenvalue weighted by Gasteiger charge is 2.29. The number of carboxylic acids is 1. The van der Waals surface area contributed by atoms with E-state index in [1.165, 1.54) is 12.1 Å². The summed E-state index contributed by atoms with van der Waals surface area (Å²) in [5.74, 6) is -2.21. The SMILES string of the molecule is Cc1ccc([C@H](CC(=O)O)N(Cc2ccccc2)[C@H](C)c2ccccc2)cc1-c1ccc(F)cc1F. The van der Waals surface area contributed by atoms with Crippen molar-refractivity contribution in [2.45, 2.75) is 38.9 Å². The van der Waals surface area contributed by atoms with Crippen LogP contribution in [-0.4, -0.2) is 16.0 Å². The smallest absolute Gasteiger partial charge is 0.305 e. The third-order valence-electron chi connectivity index (χ3n) is 6.62. The zero-order valence-electron chi connectivity index (χ0n) is 20.4. The van der Waals surface area contributed by atoms with Gasteiger partial charge in [-0.3, -0.25) is 9.69 Å². The quantitative estimate of drug-likeness (QED) is 0.264. The molecular formula is C31H29F2NO2. The summed E-state index contributed by atoms with van der Waals surface area (Å²) in [4.78, 5) is 14.3. The molecule has 4 aromatic carbocycles. The third-order valence-corrected chi connectivity index (χ3v) is 6.62.